The fourth-order valence-electron chi connectivity index (χ4n) is 2.46. The minimum Gasteiger partial charge on any atom is -0.300 e. The fraction of sp³-hybridized carbons (Fsp3) is 0.867. The Bertz CT molecular complexity index is 180. The van der Waals surface area contributed by atoms with Gasteiger partial charge in [-0.25, -0.2) is 0 Å². The summed E-state index contributed by atoms with van der Waals surface area (Å²) in [6.45, 7) is 8.43. The molecule has 1 heterocycles. The molecule has 16 heavy (non-hydrogen) atoms. The molecule has 0 radical (unpaired) electrons. The smallest absolute Gasteiger partial charge is 0.0163 e. The van der Waals surface area contributed by atoms with Crippen molar-refractivity contribution in [3.8, 4) is 0 Å². The molecule has 1 saturated heterocycles. The van der Waals surface area contributed by atoms with Gasteiger partial charge in [-0.1, -0.05) is 51.7 Å². The Hall–Kier alpha value is -0.300. The molecule has 0 bridgehead atoms. The van der Waals surface area contributed by atoms with E-state index < -0.39 is 0 Å². The highest BCUT2D eigenvalue weighted by Crippen LogP contribution is 2.17. The summed E-state index contributed by atoms with van der Waals surface area (Å²) in [6, 6.07) is 0. The van der Waals surface area contributed by atoms with Crippen LogP contribution in [0.5, 0.6) is 0 Å². The molecule has 94 valence electrons. The molecule has 0 spiro atoms. The monoisotopic (exact) mass is 223 g/mol. The van der Waals surface area contributed by atoms with Gasteiger partial charge in [-0.2, -0.15) is 0 Å². The van der Waals surface area contributed by atoms with Gasteiger partial charge in [0.2, 0.25) is 0 Å². The van der Waals surface area contributed by atoms with Gasteiger partial charge in [-0.15, -0.1) is 0 Å². The van der Waals surface area contributed by atoms with E-state index in [4.69, 9.17) is 0 Å². The maximum absolute atomic E-state index is 2.56. The van der Waals surface area contributed by atoms with Crippen LogP contribution >= 0.6 is 0 Å². The van der Waals surface area contributed by atoms with Crippen LogP contribution in [0.1, 0.15) is 58.8 Å². The Kier molecular flexibility index (Phi) is 7.58. The van der Waals surface area contributed by atoms with Gasteiger partial charge in [0.15, 0.2) is 0 Å². The molecular formula is C15H29N. The molecular weight excluding hydrogens is 194 g/mol. The molecule has 0 aromatic carbocycles. The predicted molar refractivity (Wildman–Crippen MR) is 72.7 cm³/mol. The summed E-state index contributed by atoms with van der Waals surface area (Å²) in [5.74, 6) is 0.926. The van der Waals surface area contributed by atoms with Crippen LogP contribution in [0.4, 0.5) is 0 Å². The van der Waals surface area contributed by atoms with E-state index in [9.17, 15) is 0 Å². The Morgan fingerprint density at radius 1 is 1.12 bits per heavy atom. The van der Waals surface area contributed by atoms with E-state index in [2.05, 4.69) is 30.9 Å². The molecule has 0 aromatic heterocycles. The van der Waals surface area contributed by atoms with Crippen molar-refractivity contribution in [3.63, 3.8) is 0 Å². The molecule has 0 aromatic rings. The molecule has 1 atom stereocenters. The van der Waals surface area contributed by atoms with E-state index in [0.29, 0.717) is 0 Å². The summed E-state index contributed by atoms with van der Waals surface area (Å²) in [5.41, 5.74) is 0. The van der Waals surface area contributed by atoms with Gasteiger partial charge in [0.1, 0.15) is 0 Å². The van der Waals surface area contributed by atoms with Gasteiger partial charge in [0.05, 0.1) is 0 Å². The van der Waals surface area contributed by atoms with Crippen molar-refractivity contribution in [2.24, 2.45) is 5.92 Å². The number of nitrogens with zero attached hydrogens (tertiary/aromatic N) is 1. The van der Waals surface area contributed by atoms with Gasteiger partial charge in [0.25, 0.3) is 0 Å². The van der Waals surface area contributed by atoms with Crippen molar-refractivity contribution in [3.05, 3.63) is 12.2 Å². The van der Waals surface area contributed by atoms with E-state index in [1.165, 1.54) is 64.6 Å². The highest BCUT2D eigenvalue weighted by Gasteiger charge is 2.08. The molecule has 1 nitrogen and oxygen atoms in total. The van der Waals surface area contributed by atoms with E-state index in [-0.39, 0.29) is 0 Å². The number of hydrogen-bond donors (Lipinski definition) is 0. The Labute approximate surface area is 102 Å². The summed E-state index contributed by atoms with van der Waals surface area (Å²) in [7, 11) is 0. The Morgan fingerprint density at radius 3 is 2.50 bits per heavy atom. The standard InChI is InChI=1S/C15H29N/c1-3-5-10-15(4-2)11-6-7-12-16-13-8-9-14-16/h6-7,15H,3-5,8-14H2,1-2H3/b7-6-. The molecule has 1 aliphatic heterocycles. The fourth-order valence-corrected chi connectivity index (χ4v) is 2.46. The second-order valence-corrected chi connectivity index (χ2v) is 5.13. The lowest BCUT2D eigenvalue weighted by Crippen LogP contribution is -2.18. The molecule has 0 amide bonds. The zero-order valence-electron chi connectivity index (χ0n) is 11.3. The van der Waals surface area contributed by atoms with E-state index >= 15 is 0 Å². The van der Waals surface area contributed by atoms with Crippen LogP contribution in [0.2, 0.25) is 0 Å². The van der Waals surface area contributed by atoms with Crippen molar-refractivity contribution >= 4 is 0 Å². The number of likely N-dealkylation sites (tertiary alicyclic amines) is 1. The maximum atomic E-state index is 2.56. The van der Waals surface area contributed by atoms with Crippen molar-refractivity contribution in [2.75, 3.05) is 19.6 Å². The van der Waals surface area contributed by atoms with E-state index in [1.54, 1.807) is 0 Å². The van der Waals surface area contributed by atoms with Crippen molar-refractivity contribution in [1.29, 1.82) is 0 Å². The highest BCUT2D eigenvalue weighted by molar-refractivity contribution is 4.87. The topological polar surface area (TPSA) is 3.24 Å². The number of unbranched alkanes of at least 4 members (excludes halogenated alkanes) is 1. The van der Waals surface area contributed by atoms with Crippen LogP contribution in [-0.4, -0.2) is 24.5 Å². The van der Waals surface area contributed by atoms with Gasteiger partial charge < -0.3 is 0 Å². The van der Waals surface area contributed by atoms with Gasteiger partial charge in [-0.05, 0) is 38.3 Å². The van der Waals surface area contributed by atoms with Gasteiger partial charge in [0, 0.05) is 6.54 Å². The number of hydrogen-bond acceptors (Lipinski definition) is 1. The maximum Gasteiger partial charge on any atom is 0.0163 e. The molecule has 1 fully saturated rings. The summed E-state index contributed by atoms with van der Waals surface area (Å²) >= 11 is 0. The van der Waals surface area contributed by atoms with E-state index in [0.717, 1.165) is 5.92 Å². The quantitative estimate of drug-likeness (QED) is 0.556. The zero-order valence-corrected chi connectivity index (χ0v) is 11.3. The van der Waals surface area contributed by atoms with Crippen LogP contribution in [0.25, 0.3) is 0 Å². The van der Waals surface area contributed by atoms with Crippen LogP contribution < -0.4 is 0 Å². The molecule has 1 heteroatoms. The minimum atomic E-state index is 0.926. The molecule has 0 saturated carbocycles. The third-order valence-electron chi connectivity index (χ3n) is 3.74. The van der Waals surface area contributed by atoms with Crippen LogP contribution in [-0.2, 0) is 0 Å². The molecule has 0 aliphatic carbocycles. The highest BCUT2D eigenvalue weighted by atomic mass is 15.1. The molecule has 1 unspecified atom stereocenters. The summed E-state index contributed by atoms with van der Waals surface area (Å²) in [6.07, 6.45) is 14.4. The first kappa shape index (κ1) is 13.8. The van der Waals surface area contributed by atoms with Crippen molar-refractivity contribution < 1.29 is 0 Å². The number of allylic oxidation sites excluding steroid dienone is 1. The third-order valence-corrected chi connectivity index (χ3v) is 3.74. The second kappa shape index (κ2) is 8.81. The van der Waals surface area contributed by atoms with Crippen LogP contribution in [0, 0.1) is 5.92 Å². The SMILES string of the molecule is CCCCC(CC)C/C=C\CN1CCCC1. The first-order valence-electron chi connectivity index (χ1n) is 7.24. The Morgan fingerprint density at radius 2 is 1.88 bits per heavy atom. The lowest BCUT2D eigenvalue weighted by Gasteiger charge is -2.13. The normalized spacial score (nSPS) is 19.6. The van der Waals surface area contributed by atoms with Crippen LogP contribution in [0.15, 0.2) is 12.2 Å². The average Bonchev–Trinajstić information content (AvgIpc) is 2.81. The first-order chi connectivity index (χ1) is 7.86. The molecule has 1 rings (SSSR count). The number of rotatable bonds is 8. The minimum absolute atomic E-state index is 0.926. The van der Waals surface area contributed by atoms with Gasteiger partial charge in [-0.3, -0.25) is 4.90 Å². The lowest BCUT2D eigenvalue weighted by molar-refractivity contribution is 0.376. The summed E-state index contributed by atoms with van der Waals surface area (Å²) in [5, 5.41) is 0. The zero-order chi connectivity index (χ0) is 11.6. The predicted octanol–water partition coefficient (Wildman–Crippen LogP) is 4.24. The second-order valence-electron chi connectivity index (χ2n) is 5.13. The van der Waals surface area contributed by atoms with Crippen molar-refractivity contribution in [1.82, 2.24) is 4.90 Å². The first-order valence-corrected chi connectivity index (χ1v) is 7.24. The summed E-state index contributed by atoms with van der Waals surface area (Å²) in [4.78, 5) is 2.56. The molecule has 1 aliphatic rings. The van der Waals surface area contributed by atoms with Gasteiger partial charge >= 0.3 is 0 Å². The molecule has 0 N–H and O–H groups in total. The average molecular weight is 223 g/mol. The third kappa shape index (κ3) is 5.69. The Balaban J connectivity index is 2.07. The van der Waals surface area contributed by atoms with Crippen molar-refractivity contribution in [2.45, 2.75) is 58.8 Å². The van der Waals surface area contributed by atoms with E-state index in [1.807, 2.05) is 0 Å². The lowest BCUT2D eigenvalue weighted by atomic mass is 9.96. The largest absolute Gasteiger partial charge is 0.300 e. The summed E-state index contributed by atoms with van der Waals surface area (Å²) < 4.78 is 0. The van der Waals surface area contributed by atoms with Crippen LogP contribution in [0.3, 0.4) is 0 Å².